The molecule has 0 bridgehead atoms. The molecule has 1 aromatic carbocycles. The van der Waals surface area contributed by atoms with E-state index in [0.29, 0.717) is 0 Å². The molecule has 100 valence electrons. The average molecular weight is 338 g/mol. The van der Waals surface area contributed by atoms with Crippen molar-refractivity contribution in [3.05, 3.63) is 40.8 Å². The van der Waals surface area contributed by atoms with Crippen molar-refractivity contribution in [3.8, 4) is 0 Å². The number of anilines is 2. The Hall–Kier alpha value is -1.07. The Labute approximate surface area is 126 Å². The molecule has 0 spiro atoms. The number of aromatic nitrogens is 2. The van der Waals surface area contributed by atoms with Crippen LogP contribution in [0.3, 0.4) is 0 Å². The van der Waals surface area contributed by atoms with Gasteiger partial charge in [0.15, 0.2) is 0 Å². The second-order valence-corrected chi connectivity index (χ2v) is 5.79. The zero-order chi connectivity index (χ0) is 13.7. The molecule has 0 aliphatic carbocycles. The van der Waals surface area contributed by atoms with Crippen LogP contribution >= 0.6 is 27.7 Å². The molecule has 0 fully saturated rings. The van der Waals surface area contributed by atoms with Crippen LogP contribution in [0.15, 0.2) is 39.8 Å². The normalized spacial score (nSPS) is 10.5. The highest BCUT2D eigenvalue weighted by atomic mass is 79.9. The highest BCUT2D eigenvalue weighted by Gasteiger charge is 2.03. The van der Waals surface area contributed by atoms with Crippen LogP contribution in [0.1, 0.15) is 19.2 Å². The van der Waals surface area contributed by atoms with Gasteiger partial charge in [0.05, 0.1) is 0 Å². The van der Waals surface area contributed by atoms with Gasteiger partial charge in [0.25, 0.3) is 0 Å². The van der Waals surface area contributed by atoms with E-state index in [1.807, 2.05) is 6.07 Å². The van der Waals surface area contributed by atoms with E-state index in [2.05, 4.69) is 68.7 Å². The van der Waals surface area contributed by atoms with Crippen LogP contribution in [0.2, 0.25) is 0 Å². The number of aryl methyl sites for hydroxylation is 1. The lowest BCUT2D eigenvalue weighted by Gasteiger charge is -2.08. The molecule has 0 aliphatic rings. The first kappa shape index (κ1) is 14.3. The SMILES string of the molecule is CCCc1nc(Br)cc(Nc2ccc(SC)cc2)n1. The maximum atomic E-state index is 4.50. The van der Waals surface area contributed by atoms with Gasteiger partial charge in [-0.25, -0.2) is 9.97 Å². The maximum absolute atomic E-state index is 4.50. The minimum absolute atomic E-state index is 0.814. The Balaban J connectivity index is 2.17. The van der Waals surface area contributed by atoms with E-state index in [4.69, 9.17) is 0 Å². The van der Waals surface area contributed by atoms with Crippen LogP contribution in [-0.4, -0.2) is 16.2 Å². The monoisotopic (exact) mass is 337 g/mol. The second-order valence-electron chi connectivity index (χ2n) is 4.10. The van der Waals surface area contributed by atoms with Crippen molar-refractivity contribution in [2.75, 3.05) is 11.6 Å². The van der Waals surface area contributed by atoms with Gasteiger partial charge >= 0.3 is 0 Å². The largest absolute Gasteiger partial charge is 0.340 e. The van der Waals surface area contributed by atoms with Crippen molar-refractivity contribution in [1.29, 1.82) is 0 Å². The third kappa shape index (κ3) is 4.21. The summed E-state index contributed by atoms with van der Waals surface area (Å²) in [5.74, 6) is 1.68. The Kier molecular flexibility index (Phi) is 5.22. The van der Waals surface area contributed by atoms with Crippen molar-refractivity contribution >= 4 is 39.2 Å². The molecule has 0 radical (unpaired) electrons. The van der Waals surface area contributed by atoms with Gasteiger partial charge in [-0.15, -0.1) is 11.8 Å². The van der Waals surface area contributed by atoms with E-state index >= 15 is 0 Å². The predicted octanol–water partition coefficient (Wildman–Crippen LogP) is 4.66. The smallest absolute Gasteiger partial charge is 0.135 e. The van der Waals surface area contributed by atoms with E-state index in [0.717, 1.165) is 34.8 Å². The van der Waals surface area contributed by atoms with E-state index in [1.54, 1.807) is 11.8 Å². The van der Waals surface area contributed by atoms with Gasteiger partial charge in [0.1, 0.15) is 16.2 Å². The lowest BCUT2D eigenvalue weighted by atomic mass is 10.3. The number of rotatable bonds is 5. The Morgan fingerprint density at radius 3 is 2.58 bits per heavy atom. The predicted molar refractivity (Wildman–Crippen MR) is 85.2 cm³/mol. The molecule has 3 nitrogen and oxygen atoms in total. The summed E-state index contributed by atoms with van der Waals surface area (Å²) in [4.78, 5) is 10.1. The summed E-state index contributed by atoms with van der Waals surface area (Å²) in [6, 6.07) is 10.2. The summed E-state index contributed by atoms with van der Waals surface area (Å²) in [5, 5.41) is 3.30. The number of hydrogen-bond acceptors (Lipinski definition) is 4. The molecule has 5 heteroatoms. The fraction of sp³-hybridized carbons (Fsp3) is 0.286. The molecule has 1 N–H and O–H groups in total. The number of hydrogen-bond donors (Lipinski definition) is 1. The first-order chi connectivity index (χ1) is 9.21. The van der Waals surface area contributed by atoms with Gasteiger partial charge < -0.3 is 5.32 Å². The fourth-order valence-electron chi connectivity index (χ4n) is 1.69. The van der Waals surface area contributed by atoms with E-state index < -0.39 is 0 Å². The van der Waals surface area contributed by atoms with Gasteiger partial charge in [-0.05, 0) is 52.9 Å². The highest BCUT2D eigenvalue weighted by Crippen LogP contribution is 2.21. The first-order valence-electron chi connectivity index (χ1n) is 6.16. The van der Waals surface area contributed by atoms with Gasteiger partial charge in [0, 0.05) is 23.1 Å². The third-order valence-corrected chi connectivity index (χ3v) is 3.73. The molecule has 0 aliphatic heterocycles. The van der Waals surface area contributed by atoms with Crippen LogP contribution in [0.5, 0.6) is 0 Å². The van der Waals surface area contributed by atoms with Crippen LogP contribution in [-0.2, 0) is 6.42 Å². The molecule has 1 aromatic heterocycles. The van der Waals surface area contributed by atoms with Crippen LogP contribution in [0.4, 0.5) is 11.5 Å². The zero-order valence-corrected chi connectivity index (χ0v) is 13.4. The summed E-state index contributed by atoms with van der Waals surface area (Å²) in [6.07, 6.45) is 4.00. The molecule has 2 rings (SSSR count). The maximum Gasteiger partial charge on any atom is 0.135 e. The highest BCUT2D eigenvalue weighted by molar-refractivity contribution is 9.10. The van der Waals surface area contributed by atoms with Crippen molar-refractivity contribution in [2.45, 2.75) is 24.7 Å². The van der Waals surface area contributed by atoms with Crippen LogP contribution < -0.4 is 5.32 Å². The summed E-state index contributed by atoms with van der Waals surface area (Å²) in [7, 11) is 0. The molecule has 0 saturated heterocycles. The van der Waals surface area contributed by atoms with Crippen molar-refractivity contribution < 1.29 is 0 Å². The molecule has 0 atom stereocenters. The van der Waals surface area contributed by atoms with Gasteiger partial charge in [0.2, 0.25) is 0 Å². The number of halogens is 1. The topological polar surface area (TPSA) is 37.8 Å². The molecule has 0 saturated carbocycles. The standard InChI is InChI=1S/C14H16BrN3S/c1-3-4-13-17-12(15)9-14(18-13)16-10-5-7-11(19-2)8-6-10/h5-9H,3-4H2,1-2H3,(H,16,17,18). The Morgan fingerprint density at radius 1 is 1.21 bits per heavy atom. The first-order valence-corrected chi connectivity index (χ1v) is 8.17. The number of nitrogens with zero attached hydrogens (tertiary/aromatic N) is 2. The third-order valence-electron chi connectivity index (χ3n) is 2.58. The number of nitrogens with one attached hydrogen (secondary N) is 1. The lowest BCUT2D eigenvalue weighted by Crippen LogP contribution is -2.00. The lowest BCUT2D eigenvalue weighted by molar-refractivity contribution is 0.831. The molecular formula is C14H16BrN3S. The molecule has 19 heavy (non-hydrogen) atoms. The molecular weight excluding hydrogens is 322 g/mol. The molecule has 0 unspecified atom stereocenters. The quantitative estimate of drug-likeness (QED) is 0.636. The van der Waals surface area contributed by atoms with Crippen molar-refractivity contribution in [3.63, 3.8) is 0 Å². The number of benzene rings is 1. The molecule has 0 amide bonds. The zero-order valence-electron chi connectivity index (χ0n) is 11.0. The van der Waals surface area contributed by atoms with Crippen molar-refractivity contribution in [2.24, 2.45) is 0 Å². The summed E-state index contributed by atoms with van der Waals surface area (Å²) < 4.78 is 0.814. The Bertz CT molecular complexity index is 543. The van der Waals surface area contributed by atoms with Crippen LogP contribution in [0.25, 0.3) is 0 Å². The number of thioether (sulfide) groups is 1. The minimum Gasteiger partial charge on any atom is -0.340 e. The Morgan fingerprint density at radius 2 is 1.95 bits per heavy atom. The summed E-state index contributed by atoms with van der Waals surface area (Å²) in [5.41, 5.74) is 1.03. The van der Waals surface area contributed by atoms with Crippen molar-refractivity contribution in [1.82, 2.24) is 9.97 Å². The van der Waals surface area contributed by atoms with Gasteiger partial charge in [-0.3, -0.25) is 0 Å². The summed E-state index contributed by atoms with van der Waals surface area (Å²) in [6.45, 7) is 2.12. The van der Waals surface area contributed by atoms with Gasteiger partial charge in [-0.1, -0.05) is 6.92 Å². The molecule has 1 heterocycles. The van der Waals surface area contributed by atoms with Gasteiger partial charge in [-0.2, -0.15) is 0 Å². The second kappa shape index (κ2) is 6.91. The minimum atomic E-state index is 0.814. The summed E-state index contributed by atoms with van der Waals surface area (Å²) >= 11 is 5.16. The van der Waals surface area contributed by atoms with Crippen LogP contribution in [0, 0.1) is 0 Å². The van der Waals surface area contributed by atoms with E-state index in [-0.39, 0.29) is 0 Å². The average Bonchev–Trinajstić information content (AvgIpc) is 2.39. The molecule has 2 aromatic rings. The van der Waals surface area contributed by atoms with E-state index in [9.17, 15) is 0 Å². The fourth-order valence-corrected chi connectivity index (χ4v) is 2.52. The van der Waals surface area contributed by atoms with E-state index in [1.165, 1.54) is 4.90 Å².